The fourth-order valence-corrected chi connectivity index (χ4v) is 14.7. The molecule has 0 radical (unpaired) electrons. The first-order chi connectivity index (χ1) is 7.19. The Bertz CT molecular complexity index is 432. The quantitative estimate of drug-likeness (QED) is 0.433. The van der Waals surface area contributed by atoms with Gasteiger partial charge < -0.3 is 0 Å². The van der Waals surface area contributed by atoms with Gasteiger partial charge >= 0.3 is 105 Å². The molecular formula is C3H3F6HgNO4S2. The van der Waals surface area contributed by atoms with Gasteiger partial charge in [0.25, 0.3) is 0 Å². The van der Waals surface area contributed by atoms with E-state index < -0.39 is 57.4 Å². The van der Waals surface area contributed by atoms with Crippen LogP contribution in [0, 0.1) is 0 Å². The number of sulfonamides is 2. The number of hydrogen-bond acceptors (Lipinski definition) is 4. The number of halogens is 6. The molecule has 0 spiro atoms. The second kappa shape index (κ2) is 4.81. The molecule has 0 saturated heterocycles. The summed E-state index contributed by atoms with van der Waals surface area (Å²) in [5.74, 6) is 0. The second-order valence-corrected chi connectivity index (χ2v) is 14.9. The van der Waals surface area contributed by atoms with E-state index in [1.165, 1.54) is 0 Å². The van der Waals surface area contributed by atoms with Crippen LogP contribution in [-0.2, 0) is 44.9 Å². The third-order valence-corrected chi connectivity index (χ3v) is 19.3. The molecule has 0 aromatic carbocycles. The van der Waals surface area contributed by atoms with Gasteiger partial charge in [-0.1, -0.05) is 0 Å². The van der Waals surface area contributed by atoms with Crippen LogP contribution in [0.2, 0.25) is 4.43 Å². The van der Waals surface area contributed by atoms with E-state index in [4.69, 9.17) is 0 Å². The van der Waals surface area contributed by atoms with Crippen LogP contribution in [0.1, 0.15) is 0 Å². The monoisotopic (exact) mass is 497 g/mol. The fraction of sp³-hybridized carbons (Fsp3) is 1.00. The Morgan fingerprint density at radius 2 is 1.06 bits per heavy atom. The first-order valence-electron chi connectivity index (χ1n) is 3.60. The molecule has 0 rings (SSSR count). The second-order valence-electron chi connectivity index (χ2n) is 2.49. The molecule has 0 aliphatic rings. The van der Waals surface area contributed by atoms with E-state index >= 15 is 0 Å². The Balaban J connectivity index is 5.90. The summed E-state index contributed by atoms with van der Waals surface area (Å²) in [6, 6.07) is 0. The van der Waals surface area contributed by atoms with Gasteiger partial charge in [0, 0.05) is 0 Å². The first kappa shape index (κ1) is 17.4. The standard InChI is InChI=1S/C2F6NO4S2.CH3.Hg/c3-1(4,5)14(10,11)9-15(12,13)2(6,7)8;;/h;1H3;/q-1;;+1. The molecule has 0 aliphatic carbocycles. The van der Waals surface area contributed by atoms with Crippen molar-refractivity contribution in [2.24, 2.45) is 0 Å². The van der Waals surface area contributed by atoms with Crippen LogP contribution in [0.3, 0.4) is 0 Å². The molecule has 0 heterocycles. The average Bonchev–Trinajstić information content (AvgIpc) is 1.99. The first-order valence-corrected chi connectivity index (χ1v) is 14.4. The van der Waals surface area contributed by atoms with E-state index in [1.54, 1.807) is 0 Å². The molecule has 100 valence electrons. The van der Waals surface area contributed by atoms with Gasteiger partial charge in [-0.2, -0.15) is 0 Å². The third kappa shape index (κ3) is 3.23. The van der Waals surface area contributed by atoms with Crippen molar-refractivity contribution in [1.82, 2.24) is 1.47 Å². The summed E-state index contributed by atoms with van der Waals surface area (Å²) < 4.78 is 114. The normalized spacial score (nSPS) is 14.8. The van der Waals surface area contributed by atoms with Gasteiger partial charge in [0.2, 0.25) is 0 Å². The van der Waals surface area contributed by atoms with Crippen molar-refractivity contribution in [2.45, 2.75) is 15.4 Å². The average molecular weight is 496 g/mol. The zero-order valence-electron chi connectivity index (χ0n) is 7.87. The van der Waals surface area contributed by atoms with Crippen LogP contribution >= 0.6 is 0 Å². The van der Waals surface area contributed by atoms with Crippen LogP contribution in [0.4, 0.5) is 26.3 Å². The van der Waals surface area contributed by atoms with Gasteiger partial charge in [-0.25, -0.2) is 0 Å². The molecule has 0 unspecified atom stereocenters. The Morgan fingerprint density at radius 3 is 1.18 bits per heavy atom. The van der Waals surface area contributed by atoms with E-state index in [9.17, 15) is 43.2 Å². The SMILES string of the molecule is [CH3][Hg][N](S(=O)(=O)C(F)(F)F)S(=O)(=O)C(F)(F)F. The minimum absolute atomic E-state index is 0.743. The maximum atomic E-state index is 12.0. The van der Waals surface area contributed by atoms with Crippen molar-refractivity contribution < 1.29 is 68.1 Å². The topological polar surface area (TPSA) is 71.5 Å². The zero-order valence-corrected chi connectivity index (χ0v) is 15.0. The molecule has 14 heteroatoms. The number of nitrogens with zero attached hydrogens (tertiary/aromatic N) is 1. The molecular weight excluding hydrogens is 493 g/mol. The van der Waals surface area contributed by atoms with Crippen LogP contribution < -0.4 is 0 Å². The Kier molecular flexibility index (Phi) is 4.91. The molecule has 0 aromatic rings. The fourth-order valence-electron chi connectivity index (χ4n) is 0.700. The molecule has 17 heavy (non-hydrogen) atoms. The summed E-state index contributed by atoms with van der Waals surface area (Å²) in [4.78, 5) is 0. The van der Waals surface area contributed by atoms with Gasteiger partial charge in [-0.15, -0.1) is 0 Å². The van der Waals surface area contributed by atoms with Crippen LogP contribution in [0.5, 0.6) is 0 Å². The van der Waals surface area contributed by atoms with Gasteiger partial charge in [0.05, 0.1) is 0 Å². The number of alkyl halides is 6. The molecule has 0 aromatic heterocycles. The Morgan fingerprint density at radius 1 is 0.824 bits per heavy atom. The summed E-state index contributed by atoms with van der Waals surface area (Å²) in [6.45, 7) is 0. The van der Waals surface area contributed by atoms with E-state index in [-0.39, 0.29) is 0 Å². The Hall–Kier alpha value is 0.375. The predicted octanol–water partition coefficient (Wildman–Crippen LogP) is 1.03. The minimum atomic E-state index is -6.51. The van der Waals surface area contributed by atoms with Gasteiger partial charge in [-0.3, -0.25) is 0 Å². The van der Waals surface area contributed by atoms with Crippen LogP contribution in [0.15, 0.2) is 0 Å². The molecule has 0 amide bonds. The molecule has 0 saturated carbocycles. The molecule has 0 aliphatic heterocycles. The van der Waals surface area contributed by atoms with E-state index in [2.05, 4.69) is 0 Å². The summed E-state index contributed by atoms with van der Waals surface area (Å²) in [5.41, 5.74) is -12.2. The van der Waals surface area contributed by atoms with E-state index in [0.29, 0.717) is 0 Å². The van der Waals surface area contributed by atoms with Gasteiger partial charge in [0.15, 0.2) is 0 Å². The van der Waals surface area contributed by atoms with Crippen LogP contribution in [-0.4, -0.2) is 29.3 Å². The van der Waals surface area contributed by atoms with Crippen LogP contribution in [0.25, 0.3) is 0 Å². The van der Waals surface area contributed by atoms with Crippen molar-refractivity contribution in [3.05, 3.63) is 0 Å². The van der Waals surface area contributed by atoms with Crippen molar-refractivity contribution >= 4 is 20.0 Å². The van der Waals surface area contributed by atoms with Crippen molar-refractivity contribution in [3.8, 4) is 0 Å². The van der Waals surface area contributed by atoms with E-state index in [0.717, 1.165) is 4.43 Å². The van der Waals surface area contributed by atoms with Crippen molar-refractivity contribution in [1.29, 1.82) is 0 Å². The predicted molar refractivity (Wildman–Crippen MR) is 37.7 cm³/mol. The molecule has 0 fully saturated rings. The molecule has 5 nitrogen and oxygen atoms in total. The molecule has 0 N–H and O–H groups in total. The zero-order chi connectivity index (χ0) is 14.3. The number of hydrogen-bond donors (Lipinski definition) is 0. The maximum absolute atomic E-state index is 12.0. The van der Waals surface area contributed by atoms with Crippen molar-refractivity contribution in [3.63, 3.8) is 0 Å². The third-order valence-electron chi connectivity index (χ3n) is 1.38. The molecule has 0 atom stereocenters. The Labute approximate surface area is 105 Å². The van der Waals surface area contributed by atoms with Crippen molar-refractivity contribution in [2.75, 3.05) is 0 Å². The summed E-state index contributed by atoms with van der Waals surface area (Å²) in [6.07, 6.45) is 0. The van der Waals surface area contributed by atoms with Gasteiger partial charge in [0.1, 0.15) is 0 Å². The number of rotatable bonds is 3. The summed E-state index contributed by atoms with van der Waals surface area (Å²) >= 11 is -3.60. The summed E-state index contributed by atoms with van der Waals surface area (Å²) in [7, 11) is -13.0. The van der Waals surface area contributed by atoms with Gasteiger partial charge in [-0.05, 0) is 0 Å². The summed E-state index contributed by atoms with van der Waals surface area (Å²) in [5, 5.41) is 0. The molecule has 0 bridgehead atoms. The van der Waals surface area contributed by atoms with E-state index in [1.807, 2.05) is 0 Å².